The maximum atomic E-state index is 12.0. The molecule has 0 amide bonds. The normalized spacial score (nSPS) is 16.8. The van der Waals surface area contributed by atoms with Gasteiger partial charge in [0.05, 0.1) is 12.2 Å². The van der Waals surface area contributed by atoms with Crippen molar-refractivity contribution in [2.45, 2.75) is 25.9 Å². The van der Waals surface area contributed by atoms with Gasteiger partial charge >= 0.3 is 11.2 Å². The van der Waals surface area contributed by atoms with E-state index in [1.807, 2.05) is 12.1 Å². The van der Waals surface area contributed by atoms with Gasteiger partial charge in [0.1, 0.15) is 0 Å². The second-order valence-corrected chi connectivity index (χ2v) is 4.91. The second-order valence-electron chi connectivity index (χ2n) is 4.91. The number of aromatic nitrogens is 1. The molecule has 1 saturated heterocycles. The molecule has 0 radical (unpaired) electrons. The van der Waals surface area contributed by atoms with Gasteiger partial charge in [0.2, 0.25) is 0 Å². The number of rotatable bonds is 2. The molecule has 1 fully saturated rings. The number of likely N-dealkylation sites (tertiary alicyclic amines) is 1. The number of benzene rings is 1. The highest BCUT2D eigenvalue weighted by Gasteiger charge is 2.14. The number of fused-ring (bicyclic) bond motifs is 1. The van der Waals surface area contributed by atoms with E-state index in [1.165, 1.54) is 11.0 Å². The van der Waals surface area contributed by atoms with Crippen LogP contribution in [0.2, 0.25) is 0 Å². The van der Waals surface area contributed by atoms with Gasteiger partial charge in [0.25, 0.3) is 0 Å². The topological polar surface area (TPSA) is 55.5 Å². The summed E-state index contributed by atoms with van der Waals surface area (Å²) in [5.74, 6) is 0. The number of piperidine rings is 1. The molecule has 1 aliphatic heterocycles. The Labute approximate surface area is 110 Å². The van der Waals surface area contributed by atoms with Crippen molar-refractivity contribution in [3.8, 4) is 0 Å². The van der Waals surface area contributed by atoms with Crippen molar-refractivity contribution in [2.75, 3.05) is 13.1 Å². The van der Waals surface area contributed by atoms with E-state index >= 15 is 0 Å². The molecule has 3 rings (SSSR count). The van der Waals surface area contributed by atoms with Crippen molar-refractivity contribution in [2.24, 2.45) is 0 Å². The van der Waals surface area contributed by atoms with E-state index in [0.29, 0.717) is 17.8 Å². The van der Waals surface area contributed by atoms with Crippen LogP contribution >= 0.6 is 0 Å². The molecular formula is C14H16N2O3. The number of hydrogen-bond donors (Lipinski definition) is 0. The van der Waals surface area contributed by atoms with E-state index in [0.717, 1.165) is 25.9 Å². The third-order valence-electron chi connectivity index (χ3n) is 3.57. The Morgan fingerprint density at radius 3 is 2.58 bits per heavy atom. The lowest BCUT2D eigenvalue weighted by molar-refractivity contribution is 0.181. The van der Waals surface area contributed by atoms with E-state index in [2.05, 4.69) is 4.90 Å². The Bertz CT molecular complexity index is 696. The third kappa shape index (κ3) is 2.33. The smallest absolute Gasteiger partial charge is 0.402 e. The Hall–Kier alpha value is -1.88. The lowest BCUT2D eigenvalue weighted by atomic mass is 10.1. The maximum absolute atomic E-state index is 12.0. The van der Waals surface area contributed by atoms with Gasteiger partial charge < -0.3 is 4.42 Å². The average Bonchev–Trinajstić information content (AvgIpc) is 2.45. The third-order valence-corrected chi connectivity index (χ3v) is 3.57. The van der Waals surface area contributed by atoms with Gasteiger partial charge in [0.15, 0.2) is 5.58 Å². The molecule has 0 aliphatic carbocycles. The summed E-state index contributed by atoms with van der Waals surface area (Å²) in [6, 6.07) is 7.15. The Balaban J connectivity index is 2.08. The molecule has 0 atom stereocenters. The van der Waals surface area contributed by atoms with Crippen LogP contribution < -0.4 is 11.2 Å². The Morgan fingerprint density at radius 1 is 1.05 bits per heavy atom. The summed E-state index contributed by atoms with van der Waals surface area (Å²) in [5.41, 5.74) is -0.234. The van der Waals surface area contributed by atoms with Gasteiger partial charge in [-0.3, -0.25) is 14.3 Å². The SMILES string of the molecule is O=c1oc2ccccc2n(CN2CCCCC2)c1=O. The van der Waals surface area contributed by atoms with Crippen LogP contribution in [0.3, 0.4) is 0 Å². The Kier molecular flexibility index (Phi) is 3.21. The zero-order valence-electron chi connectivity index (χ0n) is 10.7. The molecule has 5 nitrogen and oxygen atoms in total. The molecule has 1 aliphatic rings. The van der Waals surface area contributed by atoms with Crippen molar-refractivity contribution < 1.29 is 4.42 Å². The van der Waals surface area contributed by atoms with E-state index in [9.17, 15) is 9.59 Å². The van der Waals surface area contributed by atoms with Gasteiger partial charge in [-0.25, -0.2) is 4.79 Å². The van der Waals surface area contributed by atoms with E-state index in [-0.39, 0.29) is 0 Å². The average molecular weight is 260 g/mol. The molecule has 5 heteroatoms. The van der Waals surface area contributed by atoms with Gasteiger partial charge in [-0.15, -0.1) is 0 Å². The monoisotopic (exact) mass is 260 g/mol. The molecule has 19 heavy (non-hydrogen) atoms. The van der Waals surface area contributed by atoms with Crippen molar-refractivity contribution in [3.63, 3.8) is 0 Å². The molecule has 2 aromatic rings. The molecule has 0 spiro atoms. The zero-order valence-corrected chi connectivity index (χ0v) is 10.7. The standard InChI is InChI=1S/C14H16N2O3/c17-13-14(18)19-12-7-3-2-6-11(12)16(13)10-15-8-4-1-5-9-15/h2-3,6-7H,1,4-5,8-10H2. The van der Waals surface area contributed by atoms with Gasteiger partial charge in [0, 0.05) is 0 Å². The first-order valence-electron chi connectivity index (χ1n) is 6.61. The molecule has 100 valence electrons. The summed E-state index contributed by atoms with van der Waals surface area (Å²) in [6.07, 6.45) is 3.53. The first kappa shape index (κ1) is 12.2. The summed E-state index contributed by atoms with van der Waals surface area (Å²) in [4.78, 5) is 25.8. The number of nitrogens with zero attached hydrogens (tertiary/aromatic N) is 2. The highest BCUT2D eigenvalue weighted by atomic mass is 16.4. The van der Waals surface area contributed by atoms with Crippen LogP contribution in [-0.4, -0.2) is 22.6 Å². The molecule has 1 aromatic heterocycles. The largest absolute Gasteiger partial charge is 0.417 e. The fraction of sp³-hybridized carbons (Fsp3) is 0.429. The van der Waals surface area contributed by atoms with E-state index in [4.69, 9.17) is 4.42 Å². The molecule has 1 aromatic carbocycles. The fourth-order valence-corrected chi connectivity index (χ4v) is 2.57. The lowest BCUT2D eigenvalue weighted by Crippen LogP contribution is -2.40. The summed E-state index contributed by atoms with van der Waals surface area (Å²) in [5, 5.41) is 0. The first-order valence-corrected chi connectivity index (χ1v) is 6.61. The molecule has 0 unspecified atom stereocenters. The summed E-state index contributed by atoms with van der Waals surface area (Å²) >= 11 is 0. The fourth-order valence-electron chi connectivity index (χ4n) is 2.57. The van der Waals surface area contributed by atoms with Crippen molar-refractivity contribution >= 4 is 11.1 Å². The number of para-hydroxylation sites is 2. The van der Waals surface area contributed by atoms with Crippen LogP contribution in [0.25, 0.3) is 11.1 Å². The van der Waals surface area contributed by atoms with Crippen LogP contribution in [0.4, 0.5) is 0 Å². The summed E-state index contributed by atoms with van der Waals surface area (Å²) < 4.78 is 6.54. The van der Waals surface area contributed by atoms with Crippen LogP contribution in [-0.2, 0) is 6.67 Å². The van der Waals surface area contributed by atoms with Crippen molar-refractivity contribution in [1.82, 2.24) is 9.47 Å². The molecule has 0 saturated carbocycles. The molecule has 2 heterocycles. The number of hydrogen-bond acceptors (Lipinski definition) is 4. The van der Waals surface area contributed by atoms with Crippen LogP contribution in [0.5, 0.6) is 0 Å². The summed E-state index contributed by atoms with van der Waals surface area (Å²) in [6.45, 7) is 2.41. The predicted molar refractivity (Wildman–Crippen MR) is 72.2 cm³/mol. The summed E-state index contributed by atoms with van der Waals surface area (Å²) in [7, 11) is 0. The van der Waals surface area contributed by atoms with Crippen LogP contribution in [0.15, 0.2) is 38.3 Å². The Morgan fingerprint density at radius 2 is 1.79 bits per heavy atom. The minimum absolute atomic E-state index is 0.462. The van der Waals surface area contributed by atoms with Crippen LogP contribution in [0.1, 0.15) is 19.3 Å². The highest BCUT2D eigenvalue weighted by Crippen LogP contribution is 2.13. The minimum atomic E-state index is -0.796. The van der Waals surface area contributed by atoms with Gasteiger partial charge in [-0.2, -0.15) is 0 Å². The first-order chi connectivity index (χ1) is 9.25. The second kappa shape index (κ2) is 5.01. The quantitative estimate of drug-likeness (QED) is 0.766. The zero-order chi connectivity index (χ0) is 13.2. The maximum Gasteiger partial charge on any atom is 0.402 e. The van der Waals surface area contributed by atoms with Gasteiger partial charge in [-0.05, 0) is 38.1 Å². The minimum Gasteiger partial charge on any atom is -0.417 e. The van der Waals surface area contributed by atoms with E-state index < -0.39 is 11.2 Å². The van der Waals surface area contributed by atoms with Crippen molar-refractivity contribution in [3.05, 3.63) is 45.0 Å². The molecule has 0 N–H and O–H groups in total. The van der Waals surface area contributed by atoms with Crippen LogP contribution in [0, 0.1) is 0 Å². The van der Waals surface area contributed by atoms with E-state index in [1.54, 1.807) is 12.1 Å². The lowest BCUT2D eigenvalue weighted by Gasteiger charge is -2.27. The molecular weight excluding hydrogens is 244 g/mol. The molecule has 0 bridgehead atoms. The highest BCUT2D eigenvalue weighted by molar-refractivity contribution is 5.71. The van der Waals surface area contributed by atoms with Gasteiger partial charge in [-0.1, -0.05) is 18.6 Å². The van der Waals surface area contributed by atoms with Crippen molar-refractivity contribution in [1.29, 1.82) is 0 Å². The predicted octanol–water partition coefficient (Wildman–Crippen LogP) is 1.40.